The van der Waals surface area contributed by atoms with Crippen molar-refractivity contribution in [2.24, 2.45) is 5.92 Å². The number of aryl methyl sites for hydroxylation is 2. The molecular formula is C23H27FN2O2. The number of hydrogen-bond acceptors (Lipinski definition) is 2. The average molecular weight is 382 g/mol. The quantitative estimate of drug-likeness (QED) is 0.863. The van der Waals surface area contributed by atoms with Gasteiger partial charge >= 0.3 is 0 Å². The number of benzene rings is 2. The van der Waals surface area contributed by atoms with Crippen molar-refractivity contribution < 1.29 is 14.0 Å². The van der Waals surface area contributed by atoms with Crippen LogP contribution in [0.5, 0.6) is 0 Å². The zero-order valence-electron chi connectivity index (χ0n) is 16.7. The highest BCUT2D eigenvalue weighted by atomic mass is 19.1. The molecule has 1 fully saturated rings. The van der Waals surface area contributed by atoms with Gasteiger partial charge in [0.1, 0.15) is 5.82 Å². The monoisotopic (exact) mass is 382 g/mol. The summed E-state index contributed by atoms with van der Waals surface area (Å²) in [4.78, 5) is 27.4. The van der Waals surface area contributed by atoms with Crippen LogP contribution in [0, 0.1) is 25.6 Å². The minimum atomic E-state index is -0.417. The topological polar surface area (TPSA) is 49.4 Å². The van der Waals surface area contributed by atoms with Crippen molar-refractivity contribution in [1.29, 1.82) is 0 Å². The van der Waals surface area contributed by atoms with Gasteiger partial charge in [-0.2, -0.15) is 0 Å². The summed E-state index contributed by atoms with van der Waals surface area (Å²) in [5.41, 5.74) is 3.23. The Hall–Kier alpha value is -2.69. The molecule has 1 aliphatic rings. The van der Waals surface area contributed by atoms with Crippen LogP contribution in [0.15, 0.2) is 42.5 Å². The normalized spacial score (nSPS) is 17.9. The van der Waals surface area contributed by atoms with Crippen LogP contribution < -0.4 is 5.32 Å². The molecule has 1 N–H and O–H groups in total. The summed E-state index contributed by atoms with van der Waals surface area (Å²) in [5, 5.41) is 2.91. The highest BCUT2D eigenvalue weighted by Crippen LogP contribution is 2.22. The fraction of sp³-hybridized carbons (Fsp3) is 0.391. The van der Waals surface area contributed by atoms with Gasteiger partial charge in [-0.05, 0) is 51.8 Å². The molecule has 2 atom stereocenters. The molecule has 2 aromatic rings. The summed E-state index contributed by atoms with van der Waals surface area (Å²) in [6.07, 6.45) is 1.51. The van der Waals surface area contributed by atoms with E-state index in [1.54, 1.807) is 30.0 Å². The Morgan fingerprint density at radius 1 is 1.14 bits per heavy atom. The standard InChI is InChI=1S/C23H27FN2O2/c1-15-11-16(2)13-19(12-15)23(28)26-10-6-7-18(14-26)22(27)25-17(3)20-8-4-5-9-21(20)24/h4-5,8-9,11-13,17-18H,6-7,10,14H2,1-3H3,(H,25,27)/t17-,18-/m1/s1. The van der Waals surface area contributed by atoms with E-state index < -0.39 is 6.04 Å². The second-order valence-corrected chi connectivity index (χ2v) is 7.72. The molecule has 1 saturated heterocycles. The first-order valence-electron chi connectivity index (χ1n) is 9.77. The van der Waals surface area contributed by atoms with Crippen molar-refractivity contribution in [3.05, 3.63) is 70.5 Å². The Morgan fingerprint density at radius 2 is 1.82 bits per heavy atom. The summed E-state index contributed by atoms with van der Waals surface area (Å²) < 4.78 is 13.9. The maximum Gasteiger partial charge on any atom is 0.253 e. The van der Waals surface area contributed by atoms with Crippen LogP contribution in [-0.2, 0) is 4.79 Å². The van der Waals surface area contributed by atoms with Crippen molar-refractivity contribution in [3.8, 4) is 0 Å². The molecule has 2 aromatic carbocycles. The Labute approximate surface area is 165 Å². The molecule has 2 amide bonds. The van der Waals surface area contributed by atoms with Gasteiger partial charge in [0.15, 0.2) is 0 Å². The molecule has 148 valence electrons. The lowest BCUT2D eigenvalue weighted by Gasteiger charge is -2.33. The molecule has 28 heavy (non-hydrogen) atoms. The Morgan fingerprint density at radius 3 is 2.50 bits per heavy atom. The molecule has 0 aromatic heterocycles. The van der Waals surface area contributed by atoms with Crippen LogP contribution in [0.3, 0.4) is 0 Å². The van der Waals surface area contributed by atoms with E-state index in [0.29, 0.717) is 24.2 Å². The molecule has 0 unspecified atom stereocenters. The third kappa shape index (κ3) is 4.58. The van der Waals surface area contributed by atoms with Crippen molar-refractivity contribution >= 4 is 11.8 Å². The number of carbonyl (C=O) groups is 2. The van der Waals surface area contributed by atoms with E-state index in [2.05, 4.69) is 5.32 Å². The van der Waals surface area contributed by atoms with E-state index in [0.717, 1.165) is 24.0 Å². The predicted molar refractivity (Wildman–Crippen MR) is 108 cm³/mol. The van der Waals surface area contributed by atoms with Gasteiger partial charge in [-0.25, -0.2) is 4.39 Å². The van der Waals surface area contributed by atoms with Gasteiger partial charge in [-0.1, -0.05) is 35.4 Å². The number of piperidine rings is 1. The number of carbonyl (C=O) groups excluding carboxylic acids is 2. The second kappa shape index (κ2) is 8.55. The van der Waals surface area contributed by atoms with E-state index in [4.69, 9.17) is 0 Å². The number of nitrogens with zero attached hydrogens (tertiary/aromatic N) is 1. The van der Waals surface area contributed by atoms with Gasteiger partial charge < -0.3 is 10.2 Å². The SMILES string of the molecule is Cc1cc(C)cc(C(=O)N2CCC[C@@H](C(=O)N[C@H](C)c3ccccc3F)C2)c1. The molecule has 4 nitrogen and oxygen atoms in total. The largest absolute Gasteiger partial charge is 0.349 e. The van der Waals surface area contributed by atoms with Gasteiger partial charge in [-0.15, -0.1) is 0 Å². The van der Waals surface area contributed by atoms with Gasteiger partial charge in [0, 0.05) is 24.2 Å². The number of hydrogen-bond donors (Lipinski definition) is 1. The molecule has 1 aliphatic heterocycles. The molecule has 5 heteroatoms. The summed E-state index contributed by atoms with van der Waals surface area (Å²) in [5.74, 6) is -0.775. The van der Waals surface area contributed by atoms with E-state index in [-0.39, 0.29) is 23.5 Å². The highest BCUT2D eigenvalue weighted by Gasteiger charge is 2.30. The Kier molecular flexibility index (Phi) is 6.12. The lowest BCUT2D eigenvalue weighted by Crippen LogP contribution is -2.46. The predicted octanol–water partition coefficient (Wildman–Crippen LogP) is 4.17. The maximum absolute atomic E-state index is 13.9. The minimum Gasteiger partial charge on any atom is -0.349 e. The summed E-state index contributed by atoms with van der Waals surface area (Å²) >= 11 is 0. The molecule has 0 bridgehead atoms. The van der Waals surface area contributed by atoms with Gasteiger partial charge in [0.25, 0.3) is 5.91 Å². The fourth-order valence-electron chi connectivity index (χ4n) is 3.89. The summed E-state index contributed by atoms with van der Waals surface area (Å²) in [6, 6.07) is 11.8. The third-order valence-corrected chi connectivity index (χ3v) is 5.28. The number of likely N-dealkylation sites (tertiary alicyclic amines) is 1. The number of amides is 2. The summed E-state index contributed by atoms with van der Waals surface area (Å²) in [6.45, 7) is 6.76. The zero-order chi connectivity index (χ0) is 20.3. The molecule has 0 aliphatic carbocycles. The summed E-state index contributed by atoms with van der Waals surface area (Å²) in [7, 11) is 0. The van der Waals surface area contributed by atoms with Gasteiger partial charge in [0.2, 0.25) is 5.91 Å². The lowest BCUT2D eigenvalue weighted by atomic mass is 9.95. The average Bonchev–Trinajstić information content (AvgIpc) is 2.67. The first kappa shape index (κ1) is 20.1. The smallest absolute Gasteiger partial charge is 0.253 e. The van der Waals surface area contributed by atoms with Crippen LogP contribution in [0.2, 0.25) is 0 Å². The van der Waals surface area contributed by atoms with E-state index >= 15 is 0 Å². The number of nitrogens with one attached hydrogen (secondary N) is 1. The maximum atomic E-state index is 13.9. The second-order valence-electron chi connectivity index (χ2n) is 7.72. The first-order valence-corrected chi connectivity index (χ1v) is 9.77. The highest BCUT2D eigenvalue weighted by molar-refractivity contribution is 5.95. The van der Waals surface area contributed by atoms with Crippen molar-refractivity contribution in [3.63, 3.8) is 0 Å². The van der Waals surface area contributed by atoms with Crippen LogP contribution >= 0.6 is 0 Å². The van der Waals surface area contributed by atoms with Crippen molar-refractivity contribution in [1.82, 2.24) is 10.2 Å². The van der Waals surface area contributed by atoms with Crippen LogP contribution in [0.4, 0.5) is 4.39 Å². The zero-order valence-corrected chi connectivity index (χ0v) is 16.7. The molecular weight excluding hydrogens is 355 g/mol. The molecule has 3 rings (SSSR count). The van der Waals surface area contributed by atoms with E-state index in [1.807, 2.05) is 32.0 Å². The van der Waals surface area contributed by atoms with Crippen LogP contribution in [-0.4, -0.2) is 29.8 Å². The first-order chi connectivity index (χ1) is 13.3. The van der Waals surface area contributed by atoms with E-state index in [9.17, 15) is 14.0 Å². The van der Waals surface area contributed by atoms with Gasteiger partial charge in [0.05, 0.1) is 12.0 Å². The molecule has 0 saturated carbocycles. The lowest BCUT2D eigenvalue weighted by molar-refractivity contribution is -0.127. The Bertz CT molecular complexity index is 860. The van der Waals surface area contributed by atoms with Crippen molar-refractivity contribution in [2.75, 3.05) is 13.1 Å². The molecule has 0 radical (unpaired) electrons. The van der Waals surface area contributed by atoms with E-state index in [1.165, 1.54) is 6.07 Å². The third-order valence-electron chi connectivity index (χ3n) is 5.28. The van der Waals surface area contributed by atoms with Crippen LogP contribution in [0.1, 0.15) is 52.9 Å². The number of halogens is 1. The van der Waals surface area contributed by atoms with Gasteiger partial charge in [-0.3, -0.25) is 9.59 Å². The molecule has 0 spiro atoms. The number of rotatable bonds is 4. The fourth-order valence-corrected chi connectivity index (χ4v) is 3.89. The van der Waals surface area contributed by atoms with Crippen molar-refractivity contribution in [2.45, 2.75) is 39.7 Å². The van der Waals surface area contributed by atoms with Crippen LogP contribution in [0.25, 0.3) is 0 Å². The molecule has 1 heterocycles. The minimum absolute atomic E-state index is 0.0357. The Balaban J connectivity index is 1.66.